The van der Waals surface area contributed by atoms with Crippen molar-refractivity contribution in [3.05, 3.63) is 38.8 Å². The van der Waals surface area contributed by atoms with Crippen LogP contribution in [0.3, 0.4) is 0 Å². The number of aliphatic hydroxyl groups is 1. The Bertz CT molecular complexity index is 656. The molecule has 110 valence electrons. The van der Waals surface area contributed by atoms with Crippen molar-refractivity contribution in [1.82, 2.24) is 5.32 Å². The van der Waals surface area contributed by atoms with Crippen molar-refractivity contribution in [1.29, 1.82) is 0 Å². The molecule has 0 bridgehead atoms. The molecule has 21 heavy (non-hydrogen) atoms. The molecule has 1 amide bonds. The maximum absolute atomic E-state index is 11.7. The highest BCUT2D eigenvalue weighted by Crippen LogP contribution is 2.30. The summed E-state index contributed by atoms with van der Waals surface area (Å²) < 4.78 is 0. The van der Waals surface area contributed by atoms with E-state index in [1.165, 1.54) is 24.3 Å². The van der Waals surface area contributed by atoms with Gasteiger partial charge in [-0.3, -0.25) is 19.9 Å². The molecule has 3 N–H and O–H groups in total. The number of benzene rings is 1. The normalized spacial score (nSPS) is 18.2. The van der Waals surface area contributed by atoms with Crippen LogP contribution in [0, 0.1) is 10.1 Å². The lowest BCUT2D eigenvalue weighted by atomic mass is 10.1. The first-order valence-electron chi connectivity index (χ1n) is 5.85. The Morgan fingerprint density at radius 1 is 1.48 bits per heavy atom. The maximum Gasteiger partial charge on any atom is 0.270 e. The molecule has 1 aliphatic rings. The van der Waals surface area contributed by atoms with Gasteiger partial charge in [0.2, 0.25) is 0 Å². The molecule has 9 heteroatoms. The summed E-state index contributed by atoms with van der Waals surface area (Å²) >= 11 is 1.03. The number of nitrogens with one attached hydrogen (secondary N) is 1. The van der Waals surface area contributed by atoms with Gasteiger partial charge in [0.25, 0.3) is 11.6 Å². The van der Waals surface area contributed by atoms with Gasteiger partial charge in [-0.05, 0) is 23.9 Å². The lowest BCUT2D eigenvalue weighted by molar-refractivity contribution is -0.384. The first-order chi connectivity index (χ1) is 10.0. The number of phenolic OH excluding ortho intramolecular Hbond substituents is 1. The zero-order valence-corrected chi connectivity index (χ0v) is 11.5. The minimum Gasteiger partial charge on any atom is -0.507 e. The number of nitrogens with zero attached hydrogens (tertiary/aromatic N) is 2. The van der Waals surface area contributed by atoms with Crippen LogP contribution in [0.1, 0.15) is 5.56 Å². The average Bonchev–Trinajstić information content (AvgIpc) is 2.79. The molecule has 1 aromatic rings. The van der Waals surface area contributed by atoms with Crippen molar-refractivity contribution >= 4 is 34.6 Å². The van der Waals surface area contributed by atoms with Crippen LogP contribution < -0.4 is 5.32 Å². The summed E-state index contributed by atoms with van der Waals surface area (Å²) in [6, 6.07) is 3.55. The number of rotatable bonds is 4. The quantitative estimate of drug-likeness (QED) is 0.430. The van der Waals surface area contributed by atoms with Crippen LogP contribution in [0.2, 0.25) is 0 Å². The van der Waals surface area contributed by atoms with Crippen molar-refractivity contribution in [2.75, 3.05) is 13.2 Å². The number of hydrogen-bond donors (Lipinski definition) is 3. The van der Waals surface area contributed by atoms with Gasteiger partial charge in [0.05, 0.1) is 23.0 Å². The smallest absolute Gasteiger partial charge is 0.270 e. The number of carbonyl (C=O) groups excluding carboxylic acids is 1. The van der Waals surface area contributed by atoms with E-state index in [4.69, 9.17) is 5.11 Å². The van der Waals surface area contributed by atoms with E-state index in [0.29, 0.717) is 5.17 Å². The summed E-state index contributed by atoms with van der Waals surface area (Å²) in [6.07, 6.45) is 1.35. The maximum atomic E-state index is 11.7. The molecule has 1 fully saturated rings. The highest BCUT2D eigenvalue weighted by atomic mass is 32.2. The average molecular weight is 309 g/mol. The van der Waals surface area contributed by atoms with Gasteiger partial charge in [0.15, 0.2) is 5.17 Å². The molecule has 1 saturated heterocycles. The number of amidine groups is 1. The molecule has 0 aromatic heterocycles. The van der Waals surface area contributed by atoms with Gasteiger partial charge in [-0.25, -0.2) is 0 Å². The second-order valence-corrected chi connectivity index (χ2v) is 5.01. The number of phenols is 1. The molecule has 0 saturated carbocycles. The Kier molecular flexibility index (Phi) is 4.55. The monoisotopic (exact) mass is 309 g/mol. The third-order valence-electron chi connectivity index (χ3n) is 2.51. The van der Waals surface area contributed by atoms with E-state index in [9.17, 15) is 20.0 Å². The Labute approximate surface area is 123 Å². The van der Waals surface area contributed by atoms with Gasteiger partial charge >= 0.3 is 0 Å². The van der Waals surface area contributed by atoms with Crippen molar-refractivity contribution in [3.63, 3.8) is 0 Å². The molecular formula is C12H11N3O5S. The van der Waals surface area contributed by atoms with Crippen LogP contribution >= 0.6 is 11.8 Å². The Morgan fingerprint density at radius 3 is 2.90 bits per heavy atom. The van der Waals surface area contributed by atoms with Crippen molar-refractivity contribution in [2.24, 2.45) is 4.99 Å². The van der Waals surface area contributed by atoms with Crippen LogP contribution in [-0.2, 0) is 4.79 Å². The standard InChI is InChI=1S/C12H11N3O5S/c16-4-3-13-12-14-11(18)10(21-12)6-7-5-8(15(19)20)1-2-9(7)17/h1-2,5-6,16-17H,3-4H2,(H,13,14,18)/b10-6-. The molecule has 1 aliphatic heterocycles. The second kappa shape index (κ2) is 6.37. The SMILES string of the molecule is O=C1NC(=NCCO)S/C1=C\c1cc([N+](=O)[O-])ccc1O. The first-order valence-corrected chi connectivity index (χ1v) is 6.66. The molecule has 0 spiro atoms. The highest BCUT2D eigenvalue weighted by molar-refractivity contribution is 8.18. The van der Waals surface area contributed by atoms with Crippen LogP contribution in [-0.4, -0.2) is 39.4 Å². The van der Waals surface area contributed by atoms with E-state index in [1.807, 2.05) is 0 Å². The van der Waals surface area contributed by atoms with E-state index in [0.717, 1.165) is 11.8 Å². The van der Waals surface area contributed by atoms with E-state index in [-0.39, 0.29) is 35.1 Å². The van der Waals surface area contributed by atoms with Crippen LogP contribution in [0.5, 0.6) is 5.75 Å². The van der Waals surface area contributed by atoms with Gasteiger partial charge < -0.3 is 15.5 Å². The van der Waals surface area contributed by atoms with Crippen molar-refractivity contribution in [3.8, 4) is 5.75 Å². The second-order valence-electron chi connectivity index (χ2n) is 3.98. The molecule has 0 radical (unpaired) electrons. The number of aliphatic hydroxyl groups excluding tert-OH is 1. The molecule has 8 nitrogen and oxygen atoms in total. The fourth-order valence-corrected chi connectivity index (χ4v) is 2.40. The largest absolute Gasteiger partial charge is 0.507 e. The fraction of sp³-hybridized carbons (Fsp3) is 0.167. The van der Waals surface area contributed by atoms with Crippen LogP contribution in [0.15, 0.2) is 28.1 Å². The number of hydrogen-bond acceptors (Lipinski definition) is 7. The van der Waals surface area contributed by atoms with Gasteiger partial charge in [0.1, 0.15) is 5.75 Å². The number of aromatic hydroxyl groups is 1. The summed E-state index contributed by atoms with van der Waals surface area (Å²) in [5.74, 6) is -0.579. The Hall–Kier alpha value is -2.39. The van der Waals surface area contributed by atoms with Crippen molar-refractivity contribution < 1.29 is 19.9 Å². The zero-order chi connectivity index (χ0) is 15.4. The summed E-state index contributed by atoms with van der Waals surface area (Å²) in [5, 5.41) is 31.9. The molecule has 1 heterocycles. The number of thioether (sulfide) groups is 1. The molecule has 1 aromatic carbocycles. The lowest BCUT2D eigenvalue weighted by Gasteiger charge is -1.99. The number of non-ortho nitro benzene ring substituents is 1. The molecular weight excluding hydrogens is 298 g/mol. The third kappa shape index (κ3) is 3.58. The van der Waals surface area contributed by atoms with E-state index in [2.05, 4.69) is 10.3 Å². The summed E-state index contributed by atoms with van der Waals surface area (Å²) in [6.45, 7) is 0.0304. The highest BCUT2D eigenvalue weighted by Gasteiger charge is 2.24. The minimum atomic E-state index is -0.586. The minimum absolute atomic E-state index is 0.134. The predicted octanol–water partition coefficient (Wildman–Crippen LogP) is 0.853. The van der Waals surface area contributed by atoms with Gasteiger partial charge in [-0.2, -0.15) is 0 Å². The number of nitro groups is 1. The topological polar surface area (TPSA) is 125 Å². The lowest BCUT2D eigenvalue weighted by Crippen LogP contribution is -2.20. The predicted molar refractivity (Wildman–Crippen MR) is 77.9 cm³/mol. The molecule has 0 aliphatic carbocycles. The Morgan fingerprint density at radius 2 is 2.24 bits per heavy atom. The molecule has 2 rings (SSSR count). The molecule has 0 atom stereocenters. The summed E-state index contributed by atoms with van der Waals surface area (Å²) in [4.78, 5) is 26.0. The van der Waals surface area contributed by atoms with E-state index in [1.54, 1.807) is 0 Å². The number of aliphatic imine (C=N–C) groups is 1. The molecule has 0 unspecified atom stereocenters. The summed E-state index contributed by atoms with van der Waals surface area (Å²) in [5.41, 5.74) is -0.0116. The van der Waals surface area contributed by atoms with Gasteiger partial charge in [-0.15, -0.1) is 0 Å². The third-order valence-corrected chi connectivity index (χ3v) is 3.46. The number of carbonyl (C=O) groups is 1. The van der Waals surface area contributed by atoms with E-state index >= 15 is 0 Å². The Balaban J connectivity index is 2.29. The summed E-state index contributed by atoms with van der Waals surface area (Å²) in [7, 11) is 0. The van der Waals surface area contributed by atoms with Gasteiger partial charge in [0, 0.05) is 17.7 Å². The fourth-order valence-electron chi connectivity index (χ4n) is 1.57. The van der Waals surface area contributed by atoms with Crippen molar-refractivity contribution in [2.45, 2.75) is 0 Å². The number of amides is 1. The first kappa shape index (κ1) is 15.0. The van der Waals surface area contributed by atoms with Gasteiger partial charge in [-0.1, -0.05) is 0 Å². The zero-order valence-electron chi connectivity index (χ0n) is 10.6. The number of nitro benzene ring substituents is 1. The van der Waals surface area contributed by atoms with Crippen LogP contribution in [0.4, 0.5) is 5.69 Å². The van der Waals surface area contributed by atoms with Crippen LogP contribution in [0.25, 0.3) is 6.08 Å². The van der Waals surface area contributed by atoms with E-state index < -0.39 is 10.8 Å².